The van der Waals surface area contributed by atoms with Crippen LogP contribution in [0.3, 0.4) is 0 Å². The predicted octanol–water partition coefficient (Wildman–Crippen LogP) is 3.32. The van der Waals surface area contributed by atoms with Crippen molar-refractivity contribution in [3.8, 4) is 5.75 Å². The quantitative estimate of drug-likeness (QED) is 0.891. The van der Waals surface area contributed by atoms with E-state index in [0.29, 0.717) is 32.0 Å². The average molecular weight is 344 g/mol. The van der Waals surface area contributed by atoms with Gasteiger partial charge in [0.25, 0.3) is 0 Å². The minimum atomic E-state index is -4.68. The number of benzene rings is 1. The van der Waals surface area contributed by atoms with Gasteiger partial charge >= 0.3 is 6.36 Å². The van der Waals surface area contributed by atoms with Crippen LogP contribution < -0.4 is 10.1 Å². The summed E-state index contributed by atoms with van der Waals surface area (Å²) >= 11 is 0. The number of piperidine rings is 1. The number of ether oxygens (including phenoxy) is 1. The van der Waals surface area contributed by atoms with Crippen LogP contribution in [0.2, 0.25) is 0 Å². The lowest BCUT2D eigenvalue weighted by molar-refractivity contribution is -0.274. The molecule has 0 bridgehead atoms. The number of carbonyl (C=O) groups is 1. The van der Waals surface area contributed by atoms with E-state index in [1.54, 1.807) is 12.1 Å². The summed E-state index contributed by atoms with van der Waals surface area (Å²) in [6.07, 6.45) is -3.33. The second-order valence-corrected chi connectivity index (χ2v) is 6.14. The Balaban J connectivity index is 1.88. The molecule has 24 heavy (non-hydrogen) atoms. The van der Waals surface area contributed by atoms with Gasteiger partial charge in [-0.15, -0.1) is 13.2 Å². The summed E-state index contributed by atoms with van der Waals surface area (Å²) in [4.78, 5) is 13.6. The minimum Gasteiger partial charge on any atom is -0.406 e. The van der Waals surface area contributed by atoms with Gasteiger partial charge in [0.15, 0.2) is 0 Å². The maximum atomic E-state index is 12.3. The highest BCUT2D eigenvalue weighted by molar-refractivity contribution is 5.75. The molecule has 1 amide bonds. The van der Waals surface area contributed by atoms with Crippen molar-refractivity contribution in [3.63, 3.8) is 0 Å². The van der Waals surface area contributed by atoms with Gasteiger partial charge in [-0.1, -0.05) is 26.0 Å². The maximum absolute atomic E-state index is 12.3. The highest BCUT2D eigenvalue weighted by Crippen LogP contribution is 2.24. The van der Waals surface area contributed by atoms with Crippen LogP contribution in [0, 0.1) is 5.92 Å². The molecule has 7 heteroatoms. The molecule has 2 unspecified atom stereocenters. The molecule has 0 saturated carbocycles. The van der Waals surface area contributed by atoms with Gasteiger partial charge in [0.1, 0.15) is 5.75 Å². The first-order valence-corrected chi connectivity index (χ1v) is 8.14. The van der Waals surface area contributed by atoms with E-state index in [4.69, 9.17) is 0 Å². The zero-order chi connectivity index (χ0) is 17.7. The summed E-state index contributed by atoms with van der Waals surface area (Å²) < 4.78 is 40.7. The molecule has 1 aliphatic rings. The fourth-order valence-corrected chi connectivity index (χ4v) is 3.00. The number of amides is 1. The Morgan fingerprint density at radius 3 is 2.79 bits per heavy atom. The van der Waals surface area contributed by atoms with Gasteiger partial charge in [-0.25, -0.2) is 0 Å². The van der Waals surface area contributed by atoms with Crippen molar-refractivity contribution in [3.05, 3.63) is 29.8 Å². The van der Waals surface area contributed by atoms with Crippen LogP contribution in [0.1, 0.15) is 32.3 Å². The Morgan fingerprint density at radius 1 is 1.42 bits per heavy atom. The lowest BCUT2D eigenvalue weighted by atomic mass is 9.93. The van der Waals surface area contributed by atoms with Crippen LogP contribution in [0.4, 0.5) is 13.2 Å². The fourth-order valence-electron chi connectivity index (χ4n) is 3.00. The molecule has 1 aromatic carbocycles. The molecular formula is C17H23F3N2O2. The lowest BCUT2D eigenvalue weighted by Crippen LogP contribution is -2.49. The van der Waals surface area contributed by atoms with Gasteiger partial charge in [0.05, 0.1) is 0 Å². The summed E-state index contributed by atoms with van der Waals surface area (Å²) in [6, 6.07) is 6.22. The van der Waals surface area contributed by atoms with Gasteiger partial charge < -0.3 is 15.0 Å². The van der Waals surface area contributed by atoms with E-state index in [1.807, 2.05) is 11.8 Å². The molecule has 0 aliphatic carbocycles. The molecule has 1 aromatic rings. The number of alkyl halides is 3. The number of halogens is 3. The third kappa shape index (κ3) is 5.40. The van der Waals surface area contributed by atoms with Gasteiger partial charge in [-0.05, 0) is 30.0 Å². The van der Waals surface area contributed by atoms with Crippen molar-refractivity contribution in [2.75, 3.05) is 13.1 Å². The first kappa shape index (κ1) is 18.6. The fraction of sp³-hybridized carbons (Fsp3) is 0.588. The van der Waals surface area contributed by atoms with Crippen LogP contribution in [0.15, 0.2) is 24.3 Å². The summed E-state index contributed by atoms with van der Waals surface area (Å²) in [5.41, 5.74) is 0.732. The molecule has 0 spiro atoms. The second-order valence-electron chi connectivity index (χ2n) is 6.14. The van der Waals surface area contributed by atoms with E-state index in [-0.39, 0.29) is 17.7 Å². The molecule has 1 aliphatic heterocycles. The van der Waals surface area contributed by atoms with E-state index in [2.05, 4.69) is 17.0 Å². The van der Waals surface area contributed by atoms with E-state index in [9.17, 15) is 18.0 Å². The monoisotopic (exact) mass is 344 g/mol. The topological polar surface area (TPSA) is 41.6 Å². The molecule has 2 atom stereocenters. The zero-order valence-electron chi connectivity index (χ0n) is 13.9. The molecule has 1 fully saturated rings. The Hall–Kier alpha value is -1.76. The Bertz CT molecular complexity index is 563. The third-order valence-electron chi connectivity index (χ3n) is 4.26. The van der Waals surface area contributed by atoms with E-state index in [1.165, 1.54) is 12.1 Å². The van der Waals surface area contributed by atoms with Crippen LogP contribution >= 0.6 is 0 Å². The summed E-state index contributed by atoms with van der Waals surface area (Å²) in [6.45, 7) is 5.82. The molecule has 1 heterocycles. The lowest BCUT2D eigenvalue weighted by Gasteiger charge is -2.37. The van der Waals surface area contributed by atoms with Crippen molar-refractivity contribution in [1.82, 2.24) is 10.2 Å². The zero-order valence-corrected chi connectivity index (χ0v) is 13.9. The number of rotatable bonds is 5. The molecule has 0 aromatic heterocycles. The normalized spacial score (nSPS) is 21.6. The molecule has 1 N–H and O–H groups in total. The number of carbonyl (C=O) groups excluding carboxylic acids is 1. The molecule has 4 nitrogen and oxygen atoms in total. The van der Waals surface area contributed by atoms with Crippen LogP contribution in [-0.4, -0.2) is 36.3 Å². The Morgan fingerprint density at radius 2 is 2.17 bits per heavy atom. The van der Waals surface area contributed by atoms with Crippen molar-refractivity contribution >= 4 is 5.91 Å². The predicted molar refractivity (Wildman–Crippen MR) is 84.4 cm³/mol. The van der Waals surface area contributed by atoms with Crippen LogP contribution in [-0.2, 0) is 11.3 Å². The summed E-state index contributed by atoms with van der Waals surface area (Å²) in [5, 5.41) is 3.38. The van der Waals surface area contributed by atoms with Crippen molar-refractivity contribution in [1.29, 1.82) is 0 Å². The summed E-state index contributed by atoms with van der Waals surface area (Å²) in [7, 11) is 0. The highest BCUT2D eigenvalue weighted by atomic mass is 19.4. The van der Waals surface area contributed by atoms with Crippen molar-refractivity contribution < 1.29 is 22.7 Å². The first-order chi connectivity index (χ1) is 11.3. The molecule has 0 radical (unpaired) electrons. The minimum absolute atomic E-state index is 0.164. The number of nitrogens with zero attached hydrogens (tertiary/aromatic N) is 1. The molecule has 2 rings (SSSR count). The highest BCUT2D eigenvalue weighted by Gasteiger charge is 2.31. The molecular weight excluding hydrogens is 321 g/mol. The number of hydrogen-bond acceptors (Lipinski definition) is 3. The van der Waals surface area contributed by atoms with E-state index in [0.717, 1.165) is 12.0 Å². The molecule has 1 saturated heterocycles. The van der Waals surface area contributed by atoms with Crippen molar-refractivity contribution in [2.45, 2.75) is 45.6 Å². The largest absolute Gasteiger partial charge is 0.573 e. The second kappa shape index (κ2) is 7.88. The van der Waals surface area contributed by atoms with E-state index < -0.39 is 6.36 Å². The van der Waals surface area contributed by atoms with Gasteiger partial charge in [0.2, 0.25) is 5.91 Å². The third-order valence-corrected chi connectivity index (χ3v) is 4.26. The average Bonchev–Trinajstić information content (AvgIpc) is 2.51. The Labute approximate surface area is 140 Å². The van der Waals surface area contributed by atoms with Crippen LogP contribution in [0.25, 0.3) is 0 Å². The first-order valence-electron chi connectivity index (χ1n) is 8.14. The van der Waals surface area contributed by atoms with Gasteiger partial charge in [-0.2, -0.15) is 0 Å². The summed E-state index contributed by atoms with van der Waals surface area (Å²) in [5.74, 6) is 0.249. The van der Waals surface area contributed by atoms with Gasteiger partial charge in [-0.3, -0.25) is 4.79 Å². The number of hydrogen-bond donors (Lipinski definition) is 1. The smallest absolute Gasteiger partial charge is 0.406 e. The Kier molecular flexibility index (Phi) is 6.10. The standard InChI is InChI=1S/C17H23F3N2O2/c1-3-16(23)22-8-7-15(12(2)11-22)21-10-13-5-4-6-14(9-13)24-17(18,19)20/h4-6,9,12,15,21H,3,7-8,10-11H2,1-2H3. The molecule has 134 valence electrons. The number of likely N-dealkylation sites (tertiary alicyclic amines) is 1. The number of nitrogens with one attached hydrogen (secondary N) is 1. The SMILES string of the molecule is CCC(=O)N1CCC(NCc2cccc(OC(F)(F)F)c2)C(C)C1. The van der Waals surface area contributed by atoms with E-state index >= 15 is 0 Å². The van der Waals surface area contributed by atoms with Gasteiger partial charge in [0, 0.05) is 32.1 Å². The maximum Gasteiger partial charge on any atom is 0.573 e. The van der Waals surface area contributed by atoms with Crippen LogP contribution in [0.5, 0.6) is 5.75 Å². The van der Waals surface area contributed by atoms with Crippen molar-refractivity contribution in [2.24, 2.45) is 5.92 Å².